The van der Waals surface area contributed by atoms with Crippen LogP contribution >= 0.6 is 0 Å². The Balaban J connectivity index is 1.44. The van der Waals surface area contributed by atoms with Gasteiger partial charge in [-0.3, -0.25) is 14.4 Å². The van der Waals surface area contributed by atoms with Gasteiger partial charge in [-0.25, -0.2) is 0 Å². The van der Waals surface area contributed by atoms with Crippen LogP contribution in [0.3, 0.4) is 0 Å². The molecule has 3 atom stereocenters. The molecule has 2 aliphatic rings. The fraction of sp³-hybridized carbons (Fsp3) is 0.321. The summed E-state index contributed by atoms with van der Waals surface area (Å²) in [5, 5.41) is 6.52. The van der Waals surface area contributed by atoms with Crippen LogP contribution in [-0.4, -0.2) is 53.8 Å². The fourth-order valence-electron chi connectivity index (χ4n) is 5.22. The van der Waals surface area contributed by atoms with Crippen LogP contribution in [0.25, 0.3) is 10.9 Å². The van der Waals surface area contributed by atoms with Crippen molar-refractivity contribution in [2.24, 2.45) is 5.92 Å². The number of methoxy groups -OCH3 is 1. The molecule has 0 bridgehead atoms. The number of hydrogen-bond donors (Lipinski definition) is 3. The first-order chi connectivity index (χ1) is 17.5. The van der Waals surface area contributed by atoms with Crippen LogP contribution in [0.2, 0.25) is 0 Å². The Morgan fingerprint density at radius 2 is 2.08 bits per heavy atom. The molecule has 8 heteroatoms. The molecule has 1 fully saturated rings. The third-order valence-corrected chi connectivity index (χ3v) is 7.07. The maximum Gasteiger partial charge on any atom is 0.271 e. The van der Waals surface area contributed by atoms with E-state index in [1.165, 1.54) is 0 Å². The number of aromatic amines is 1. The zero-order chi connectivity index (χ0) is 25.2. The lowest BCUT2D eigenvalue weighted by Gasteiger charge is -2.36. The minimum Gasteiger partial charge on any atom is -0.496 e. The van der Waals surface area contributed by atoms with Crippen molar-refractivity contribution in [1.82, 2.24) is 20.5 Å². The zero-order valence-electron chi connectivity index (χ0n) is 20.0. The Labute approximate surface area is 209 Å². The maximum atomic E-state index is 13.8. The SMILES string of the molecule is C#CC(CC1CCNC1=O)NC(=O)C1c2ccccc2CCN1C(=O)c1cc2c(OC)cccc2[nH]1. The van der Waals surface area contributed by atoms with Crippen LogP contribution in [0.4, 0.5) is 0 Å². The summed E-state index contributed by atoms with van der Waals surface area (Å²) in [4.78, 5) is 44.2. The van der Waals surface area contributed by atoms with Crippen molar-refractivity contribution in [1.29, 1.82) is 0 Å². The van der Waals surface area contributed by atoms with Gasteiger partial charge in [-0.1, -0.05) is 36.3 Å². The first kappa shape index (κ1) is 23.5. The van der Waals surface area contributed by atoms with Crippen LogP contribution in [-0.2, 0) is 16.0 Å². The molecule has 1 aromatic heterocycles. The molecule has 0 radical (unpaired) electrons. The Kier molecular flexibility index (Phi) is 6.38. The van der Waals surface area contributed by atoms with Gasteiger partial charge in [0.2, 0.25) is 11.8 Å². The molecular weight excluding hydrogens is 456 g/mol. The molecule has 1 saturated heterocycles. The highest BCUT2D eigenvalue weighted by molar-refractivity contribution is 6.02. The average molecular weight is 485 g/mol. The summed E-state index contributed by atoms with van der Waals surface area (Å²) >= 11 is 0. The molecule has 0 aliphatic carbocycles. The number of carbonyl (C=O) groups excluding carboxylic acids is 3. The number of terminal acetylenes is 1. The Hall–Kier alpha value is -4.25. The van der Waals surface area contributed by atoms with Crippen molar-refractivity contribution >= 4 is 28.6 Å². The molecule has 36 heavy (non-hydrogen) atoms. The van der Waals surface area contributed by atoms with E-state index in [0.717, 1.165) is 22.0 Å². The van der Waals surface area contributed by atoms with Gasteiger partial charge in [0.1, 0.15) is 17.5 Å². The van der Waals surface area contributed by atoms with Crippen molar-refractivity contribution in [3.63, 3.8) is 0 Å². The molecule has 8 nitrogen and oxygen atoms in total. The number of nitrogens with one attached hydrogen (secondary N) is 3. The van der Waals surface area contributed by atoms with Crippen LogP contribution in [0, 0.1) is 18.3 Å². The number of nitrogens with zero attached hydrogens (tertiary/aromatic N) is 1. The van der Waals surface area contributed by atoms with Gasteiger partial charge in [-0.05, 0) is 48.6 Å². The summed E-state index contributed by atoms with van der Waals surface area (Å²) in [6.45, 7) is 0.995. The van der Waals surface area contributed by atoms with Gasteiger partial charge in [-0.15, -0.1) is 6.42 Å². The van der Waals surface area contributed by atoms with Crippen LogP contribution in [0.15, 0.2) is 48.5 Å². The molecule has 2 aliphatic heterocycles. The second-order valence-electron chi connectivity index (χ2n) is 9.19. The molecule has 3 amide bonds. The summed E-state index contributed by atoms with van der Waals surface area (Å²) in [5.74, 6) is 2.36. The third-order valence-electron chi connectivity index (χ3n) is 7.07. The summed E-state index contributed by atoms with van der Waals surface area (Å²) in [6.07, 6.45) is 7.41. The number of carbonyl (C=O) groups is 3. The average Bonchev–Trinajstić information content (AvgIpc) is 3.52. The Morgan fingerprint density at radius 1 is 1.25 bits per heavy atom. The highest BCUT2D eigenvalue weighted by Crippen LogP contribution is 2.33. The predicted octanol–water partition coefficient (Wildman–Crippen LogP) is 2.56. The van der Waals surface area contributed by atoms with Crippen LogP contribution < -0.4 is 15.4 Å². The van der Waals surface area contributed by atoms with Crippen molar-refractivity contribution in [2.75, 3.05) is 20.2 Å². The maximum absolute atomic E-state index is 13.8. The number of ether oxygens (including phenoxy) is 1. The van der Waals surface area contributed by atoms with Gasteiger partial charge in [-0.2, -0.15) is 0 Å². The van der Waals surface area contributed by atoms with E-state index < -0.39 is 12.1 Å². The lowest BCUT2D eigenvalue weighted by molar-refractivity contribution is -0.127. The van der Waals surface area contributed by atoms with Crippen molar-refractivity contribution < 1.29 is 19.1 Å². The highest BCUT2D eigenvalue weighted by atomic mass is 16.5. The number of rotatable bonds is 6. The first-order valence-corrected chi connectivity index (χ1v) is 12.1. The van der Waals surface area contributed by atoms with Gasteiger partial charge in [0.25, 0.3) is 5.91 Å². The lowest BCUT2D eigenvalue weighted by Crippen LogP contribution is -2.49. The molecule has 3 N–H and O–H groups in total. The van der Waals surface area contributed by atoms with E-state index in [9.17, 15) is 14.4 Å². The topological polar surface area (TPSA) is 104 Å². The van der Waals surface area contributed by atoms with Gasteiger partial charge >= 0.3 is 0 Å². The molecule has 0 spiro atoms. The zero-order valence-corrected chi connectivity index (χ0v) is 20.0. The third kappa shape index (κ3) is 4.29. The molecule has 2 aromatic carbocycles. The number of fused-ring (bicyclic) bond motifs is 2. The molecule has 3 aromatic rings. The molecule has 184 valence electrons. The molecule has 5 rings (SSSR count). The van der Waals surface area contributed by atoms with Gasteiger partial charge in [0.15, 0.2) is 0 Å². The van der Waals surface area contributed by atoms with E-state index in [-0.39, 0.29) is 23.6 Å². The van der Waals surface area contributed by atoms with E-state index >= 15 is 0 Å². The van der Waals surface area contributed by atoms with E-state index in [0.29, 0.717) is 43.8 Å². The number of H-pyrrole nitrogens is 1. The van der Waals surface area contributed by atoms with Crippen molar-refractivity contribution in [2.45, 2.75) is 31.3 Å². The molecule has 0 saturated carbocycles. The monoisotopic (exact) mass is 484 g/mol. The van der Waals surface area contributed by atoms with Gasteiger partial charge in [0.05, 0.1) is 13.2 Å². The van der Waals surface area contributed by atoms with E-state index in [1.54, 1.807) is 18.1 Å². The normalized spacial score (nSPS) is 19.8. The minimum atomic E-state index is -0.844. The number of amides is 3. The van der Waals surface area contributed by atoms with Crippen molar-refractivity contribution in [3.8, 4) is 18.1 Å². The predicted molar refractivity (Wildman–Crippen MR) is 135 cm³/mol. The molecule has 3 unspecified atom stereocenters. The summed E-state index contributed by atoms with van der Waals surface area (Å²) in [7, 11) is 1.59. The Morgan fingerprint density at radius 3 is 2.83 bits per heavy atom. The Bertz CT molecular complexity index is 1370. The number of aromatic nitrogens is 1. The minimum absolute atomic E-state index is 0.0430. The standard InChI is InChI=1S/C28H28N4O4/c1-3-19(15-18-11-13-29-26(18)33)30-27(34)25-20-8-5-4-7-17(20)12-14-32(25)28(35)23-16-21-22(31-23)9-6-10-24(21)36-2/h1,4-10,16,18-19,25,31H,11-15H2,2H3,(H,29,33)(H,30,34). The van der Waals surface area contributed by atoms with Crippen LogP contribution in [0.5, 0.6) is 5.75 Å². The largest absolute Gasteiger partial charge is 0.496 e. The van der Waals surface area contributed by atoms with E-state index in [1.807, 2.05) is 42.5 Å². The van der Waals surface area contributed by atoms with E-state index in [4.69, 9.17) is 11.2 Å². The van der Waals surface area contributed by atoms with Crippen LogP contribution in [0.1, 0.15) is 40.5 Å². The van der Waals surface area contributed by atoms with E-state index in [2.05, 4.69) is 21.5 Å². The van der Waals surface area contributed by atoms with Crippen molar-refractivity contribution in [3.05, 3.63) is 65.4 Å². The summed E-state index contributed by atoms with van der Waals surface area (Å²) in [6, 6.07) is 13.5. The quantitative estimate of drug-likeness (QED) is 0.468. The lowest BCUT2D eigenvalue weighted by atomic mass is 9.91. The summed E-state index contributed by atoms with van der Waals surface area (Å²) in [5.41, 5.74) is 2.95. The van der Waals surface area contributed by atoms with Gasteiger partial charge in [0, 0.05) is 29.9 Å². The number of benzene rings is 2. The first-order valence-electron chi connectivity index (χ1n) is 12.1. The number of hydrogen-bond acceptors (Lipinski definition) is 4. The summed E-state index contributed by atoms with van der Waals surface area (Å²) < 4.78 is 5.43. The smallest absolute Gasteiger partial charge is 0.271 e. The second kappa shape index (κ2) is 9.78. The molecule has 3 heterocycles. The highest BCUT2D eigenvalue weighted by Gasteiger charge is 2.38. The van der Waals surface area contributed by atoms with Gasteiger partial charge < -0.3 is 25.3 Å². The molecular formula is C28H28N4O4. The second-order valence-corrected chi connectivity index (χ2v) is 9.19. The fourth-order valence-corrected chi connectivity index (χ4v) is 5.22.